The molecule has 2 saturated heterocycles. The number of hydrogen-bond donors (Lipinski definition) is 0. The van der Waals surface area contributed by atoms with Gasteiger partial charge >= 0.3 is 0 Å². The van der Waals surface area contributed by atoms with Crippen LogP contribution in [0.5, 0.6) is 0 Å². The van der Waals surface area contributed by atoms with Gasteiger partial charge in [0.25, 0.3) is 5.89 Å². The Bertz CT molecular complexity index is 1040. The number of aromatic nitrogens is 1. The van der Waals surface area contributed by atoms with Crippen LogP contribution in [0.4, 0.5) is 5.88 Å². The maximum absolute atomic E-state index is 13.2. The molecule has 0 aromatic carbocycles. The summed E-state index contributed by atoms with van der Waals surface area (Å²) >= 11 is 0. The number of sulfonamides is 1. The standard InChI is InChI=1S/C20H27N5O4S/c1-15-18(30(26,27)25-7-5-3-4-6-8-25)13-17(28-15)19-22-16(14-21)20(29-19)24-11-9-23(2)10-12-24/h13H,3-12H2,1-2H3. The minimum absolute atomic E-state index is 0.126. The first-order valence-corrected chi connectivity index (χ1v) is 11.8. The predicted octanol–water partition coefficient (Wildman–Crippen LogP) is 2.43. The summed E-state index contributed by atoms with van der Waals surface area (Å²) in [6, 6.07) is 3.54. The number of piperazine rings is 1. The normalized spacial score (nSPS) is 19.6. The van der Waals surface area contributed by atoms with Crippen LogP contribution in [0.2, 0.25) is 0 Å². The average molecular weight is 434 g/mol. The third-order valence-electron chi connectivity index (χ3n) is 5.77. The Hall–Kier alpha value is -2.35. The van der Waals surface area contributed by atoms with Crippen LogP contribution in [0.1, 0.15) is 37.1 Å². The van der Waals surface area contributed by atoms with Crippen LogP contribution in [0.3, 0.4) is 0 Å². The molecule has 2 aromatic rings. The van der Waals surface area contributed by atoms with E-state index in [9.17, 15) is 13.7 Å². The zero-order chi connectivity index (χ0) is 21.3. The van der Waals surface area contributed by atoms with E-state index in [1.54, 1.807) is 6.92 Å². The number of anilines is 1. The third-order valence-corrected chi connectivity index (χ3v) is 7.78. The van der Waals surface area contributed by atoms with Crippen molar-refractivity contribution in [3.8, 4) is 17.7 Å². The van der Waals surface area contributed by atoms with Crippen LogP contribution >= 0.6 is 0 Å². The molecule has 0 atom stereocenters. The molecule has 2 aliphatic rings. The highest BCUT2D eigenvalue weighted by Crippen LogP contribution is 2.34. The quantitative estimate of drug-likeness (QED) is 0.724. The molecule has 2 fully saturated rings. The molecular weight excluding hydrogens is 406 g/mol. The number of aryl methyl sites for hydroxylation is 1. The summed E-state index contributed by atoms with van der Waals surface area (Å²) in [7, 11) is -1.60. The molecule has 0 unspecified atom stereocenters. The van der Waals surface area contributed by atoms with Crippen molar-refractivity contribution in [2.75, 3.05) is 51.2 Å². The van der Waals surface area contributed by atoms with Crippen molar-refractivity contribution in [2.45, 2.75) is 37.5 Å². The summed E-state index contributed by atoms with van der Waals surface area (Å²) in [6.07, 6.45) is 3.82. The maximum atomic E-state index is 13.2. The first-order chi connectivity index (χ1) is 14.4. The molecule has 2 aliphatic heterocycles. The van der Waals surface area contributed by atoms with Crippen molar-refractivity contribution in [1.82, 2.24) is 14.2 Å². The Kier molecular flexibility index (Phi) is 5.86. The minimum atomic E-state index is -3.65. The van der Waals surface area contributed by atoms with Gasteiger partial charge in [-0.1, -0.05) is 12.8 Å². The molecule has 0 N–H and O–H groups in total. The van der Waals surface area contributed by atoms with Gasteiger partial charge in [0.15, 0.2) is 5.76 Å². The van der Waals surface area contributed by atoms with E-state index in [0.29, 0.717) is 24.7 Å². The SMILES string of the molecule is Cc1oc(-c2nc(C#N)c(N3CCN(C)CC3)o2)cc1S(=O)(=O)N1CCCCCC1. The van der Waals surface area contributed by atoms with E-state index < -0.39 is 10.0 Å². The van der Waals surface area contributed by atoms with Gasteiger partial charge in [-0.3, -0.25) is 0 Å². The molecule has 0 amide bonds. The van der Waals surface area contributed by atoms with Gasteiger partial charge in [0.2, 0.25) is 21.6 Å². The van der Waals surface area contributed by atoms with E-state index >= 15 is 0 Å². The van der Waals surface area contributed by atoms with E-state index in [2.05, 4.69) is 16.0 Å². The monoisotopic (exact) mass is 433 g/mol. The van der Waals surface area contributed by atoms with Gasteiger partial charge in [-0.25, -0.2) is 8.42 Å². The fraction of sp³-hybridized carbons (Fsp3) is 0.600. The molecule has 30 heavy (non-hydrogen) atoms. The molecule has 2 aromatic heterocycles. The number of oxazole rings is 1. The summed E-state index contributed by atoms with van der Waals surface area (Å²) in [5.41, 5.74) is 0.181. The third kappa shape index (κ3) is 3.97. The second-order valence-corrected chi connectivity index (χ2v) is 9.83. The second-order valence-electron chi connectivity index (χ2n) is 7.92. The molecule has 4 rings (SSSR count). The van der Waals surface area contributed by atoms with Crippen molar-refractivity contribution in [2.24, 2.45) is 0 Å². The van der Waals surface area contributed by atoms with Crippen LogP contribution in [-0.2, 0) is 10.0 Å². The highest BCUT2D eigenvalue weighted by atomic mass is 32.2. The summed E-state index contributed by atoms with van der Waals surface area (Å²) in [5, 5.41) is 9.50. The van der Waals surface area contributed by atoms with E-state index in [4.69, 9.17) is 8.83 Å². The number of hydrogen-bond acceptors (Lipinski definition) is 8. The molecule has 0 radical (unpaired) electrons. The topological polar surface area (TPSA) is 107 Å². The number of likely N-dealkylation sites (N-methyl/N-ethyl adjacent to an activating group) is 1. The molecule has 162 valence electrons. The maximum Gasteiger partial charge on any atom is 0.266 e. The fourth-order valence-electron chi connectivity index (χ4n) is 3.96. The average Bonchev–Trinajstić information content (AvgIpc) is 3.22. The predicted molar refractivity (Wildman–Crippen MR) is 111 cm³/mol. The van der Waals surface area contributed by atoms with Crippen molar-refractivity contribution in [1.29, 1.82) is 5.26 Å². The van der Waals surface area contributed by atoms with Crippen LogP contribution < -0.4 is 4.90 Å². The molecule has 0 aliphatic carbocycles. The lowest BCUT2D eigenvalue weighted by Gasteiger charge is -2.31. The van der Waals surface area contributed by atoms with Crippen LogP contribution in [0.25, 0.3) is 11.7 Å². The Morgan fingerprint density at radius 1 is 1.03 bits per heavy atom. The lowest BCUT2D eigenvalue weighted by Crippen LogP contribution is -2.44. The van der Waals surface area contributed by atoms with Crippen molar-refractivity contribution >= 4 is 15.9 Å². The van der Waals surface area contributed by atoms with Gasteiger partial charge in [-0.15, -0.1) is 0 Å². The largest absolute Gasteiger partial charge is 0.455 e. The molecule has 4 heterocycles. The van der Waals surface area contributed by atoms with Crippen LogP contribution in [0.15, 0.2) is 19.8 Å². The smallest absolute Gasteiger partial charge is 0.266 e. The van der Waals surface area contributed by atoms with E-state index in [0.717, 1.165) is 51.9 Å². The van der Waals surface area contributed by atoms with Crippen LogP contribution in [-0.4, -0.2) is 68.9 Å². The van der Waals surface area contributed by atoms with Gasteiger partial charge < -0.3 is 18.6 Å². The Labute approximate surface area is 176 Å². The molecule has 10 heteroatoms. The highest BCUT2D eigenvalue weighted by Gasteiger charge is 2.31. The molecule has 0 bridgehead atoms. The highest BCUT2D eigenvalue weighted by molar-refractivity contribution is 7.89. The number of nitriles is 1. The van der Waals surface area contributed by atoms with E-state index in [1.165, 1.54) is 10.4 Å². The zero-order valence-electron chi connectivity index (χ0n) is 17.4. The lowest BCUT2D eigenvalue weighted by atomic mass is 10.2. The molecule has 9 nitrogen and oxygen atoms in total. The van der Waals surface area contributed by atoms with Crippen molar-refractivity contribution in [3.05, 3.63) is 17.5 Å². The number of nitrogens with zero attached hydrogens (tertiary/aromatic N) is 5. The van der Waals surface area contributed by atoms with Gasteiger partial charge in [-0.05, 0) is 26.8 Å². The Balaban J connectivity index is 1.64. The van der Waals surface area contributed by atoms with E-state index in [1.807, 2.05) is 11.9 Å². The summed E-state index contributed by atoms with van der Waals surface area (Å²) < 4.78 is 39.5. The fourth-order valence-corrected chi connectivity index (χ4v) is 5.64. The number of furan rings is 1. The summed E-state index contributed by atoms with van der Waals surface area (Å²) in [6.45, 7) is 5.85. The van der Waals surface area contributed by atoms with Crippen molar-refractivity contribution in [3.63, 3.8) is 0 Å². The Morgan fingerprint density at radius 3 is 2.33 bits per heavy atom. The van der Waals surface area contributed by atoms with Gasteiger partial charge in [0.1, 0.15) is 16.7 Å². The van der Waals surface area contributed by atoms with Gasteiger partial charge in [-0.2, -0.15) is 14.6 Å². The van der Waals surface area contributed by atoms with E-state index in [-0.39, 0.29) is 22.2 Å². The zero-order valence-corrected chi connectivity index (χ0v) is 18.2. The molecule has 0 spiro atoms. The van der Waals surface area contributed by atoms with Gasteiger partial charge in [0.05, 0.1) is 0 Å². The van der Waals surface area contributed by atoms with Crippen molar-refractivity contribution < 1.29 is 17.3 Å². The van der Waals surface area contributed by atoms with Crippen LogP contribution in [0, 0.1) is 18.3 Å². The summed E-state index contributed by atoms with van der Waals surface area (Å²) in [5.74, 6) is 1.05. The lowest BCUT2D eigenvalue weighted by molar-refractivity contribution is 0.306. The first kappa shape index (κ1) is 20.9. The first-order valence-electron chi connectivity index (χ1n) is 10.4. The number of rotatable bonds is 4. The summed E-state index contributed by atoms with van der Waals surface area (Å²) in [4.78, 5) is 8.60. The molecule has 0 saturated carbocycles. The minimum Gasteiger partial charge on any atom is -0.455 e. The second kappa shape index (κ2) is 8.41. The van der Waals surface area contributed by atoms with Gasteiger partial charge in [0, 0.05) is 45.3 Å². The Morgan fingerprint density at radius 2 is 1.70 bits per heavy atom. The molecular formula is C20H27N5O4S.